The molecule has 2 fully saturated rings. The highest BCUT2D eigenvalue weighted by molar-refractivity contribution is 5.54. The van der Waals surface area contributed by atoms with Gasteiger partial charge in [0.25, 0.3) is 0 Å². The zero-order chi connectivity index (χ0) is 17.9. The maximum absolute atomic E-state index is 13.7. The highest BCUT2D eigenvalue weighted by Gasteiger charge is 2.33. The van der Waals surface area contributed by atoms with Crippen LogP contribution < -0.4 is 0 Å². The summed E-state index contributed by atoms with van der Waals surface area (Å²) in [5.41, 5.74) is 1.30. The first-order valence-electron chi connectivity index (χ1n) is 10.1. The van der Waals surface area contributed by atoms with Gasteiger partial charge >= 0.3 is 0 Å². The molecule has 0 atom stereocenters. The Morgan fingerprint density at radius 2 is 1.88 bits per heavy atom. The lowest BCUT2D eigenvalue weighted by Gasteiger charge is -2.34. The number of nitrogens with zero attached hydrogens (tertiary/aromatic N) is 3. The molecule has 4 nitrogen and oxygen atoms in total. The lowest BCUT2D eigenvalue weighted by Crippen LogP contribution is -2.39. The first-order valence-corrected chi connectivity index (χ1v) is 10.1. The average Bonchev–Trinajstić information content (AvgIpc) is 3.39. The largest absolute Gasteiger partial charge is 0.339 e. The number of hydrogen-bond donors (Lipinski definition) is 0. The summed E-state index contributed by atoms with van der Waals surface area (Å²) in [6.45, 7) is 2.87. The SMILES string of the molecule is Cc1ccc(-c2noc(CCCN(C3CCCCC3)C3CC3)n2)cc1F. The van der Waals surface area contributed by atoms with Gasteiger partial charge in [-0.3, -0.25) is 4.90 Å². The Morgan fingerprint density at radius 3 is 2.62 bits per heavy atom. The Kier molecular flexibility index (Phi) is 5.34. The molecule has 2 aromatic rings. The molecule has 2 aliphatic carbocycles. The van der Waals surface area contributed by atoms with Crippen LogP contribution in [0.25, 0.3) is 11.4 Å². The Morgan fingerprint density at radius 1 is 1.12 bits per heavy atom. The average molecular weight is 357 g/mol. The van der Waals surface area contributed by atoms with Crippen LogP contribution in [0.4, 0.5) is 4.39 Å². The summed E-state index contributed by atoms with van der Waals surface area (Å²) in [6.07, 6.45) is 11.4. The van der Waals surface area contributed by atoms with E-state index < -0.39 is 0 Å². The van der Waals surface area contributed by atoms with Crippen LogP contribution >= 0.6 is 0 Å². The minimum Gasteiger partial charge on any atom is -0.339 e. The van der Waals surface area contributed by atoms with Crippen molar-refractivity contribution in [2.45, 2.75) is 76.8 Å². The van der Waals surface area contributed by atoms with Crippen LogP contribution in [0.3, 0.4) is 0 Å². The summed E-state index contributed by atoms with van der Waals surface area (Å²) in [5.74, 6) is 0.895. The smallest absolute Gasteiger partial charge is 0.227 e. The van der Waals surface area contributed by atoms with Gasteiger partial charge in [-0.05, 0) is 57.2 Å². The monoisotopic (exact) mass is 357 g/mol. The second-order valence-electron chi connectivity index (χ2n) is 7.84. The van der Waals surface area contributed by atoms with Crippen molar-refractivity contribution in [2.24, 2.45) is 0 Å². The fourth-order valence-corrected chi connectivity index (χ4v) is 4.10. The summed E-state index contributed by atoms with van der Waals surface area (Å²) >= 11 is 0. The maximum atomic E-state index is 13.7. The van der Waals surface area contributed by atoms with E-state index in [9.17, 15) is 4.39 Å². The van der Waals surface area contributed by atoms with Crippen molar-refractivity contribution in [3.8, 4) is 11.4 Å². The van der Waals surface area contributed by atoms with E-state index in [2.05, 4.69) is 15.0 Å². The van der Waals surface area contributed by atoms with Crippen molar-refractivity contribution < 1.29 is 8.91 Å². The zero-order valence-electron chi connectivity index (χ0n) is 15.6. The third-order valence-electron chi connectivity index (χ3n) is 5.76. The number of hydrogen-bond acceptors (Lipinski definition) is 4. The predicted octanol–water partition coefficient (Wildman–Crippen LogP) is 4.91. The van der Waals surface area contributed by atoms with Gasteiger partial charge < -0.3 is 4.52 Å². The molecule has 2 aliphatic rings. The van der Waals surface area contributed by atoms with E-state index in [0.717, 1.165) is 31.5 Å². The van der Waals surface area contributed by atoms with E-state index in [4.69, 9.17) is 4.52 Å². The van der Waals surface area contributed by atoms with Crippen LogP contribution in [0.2, 0.25) is 0 Å². The lowest BCUT2D eigenvalue weighted by atomic mass is 9.94. The quantitative estimate of drug-likeness (QED) is 0.706. The molecule has 1 heterocycles. The summed E-state index contributed by atoms with van der Waals surface area (Å²) in [5, 5.41) is 4.03. The van der Waals surface area contributed by atoms with Crippen LogP contribution in [-0.4, -0.2) is 33.7 Å². The molecule has 0 amide bonds. The molecule has 0 aliphatic heterocycles. The Bertz CT molecular complexity index is 735. The standard InChI is InChI=1S/C21H28FN3O/c1-15-9-10-16(14-19(15)22)21-23-20(26-24-21)8-5-13-25(18-11-12-18)17-6-3-2-4-7-17/h9-10,14,17-18H,2-8,11-13H2,1H3. The maximum Gasteiger partial charge on any atom is 0.227 e. The molecule has 4 rings (SSSR count). The highest BCUT2D eigenvalue weighted by Crippen LogP contribution is 2.33. The van der Waals surface area contributed by atoms with E-state index in [1.165, 1.54) is 51.0 Å². The van der Waals surface area contributed by atoms with E-state index in [-0.39, 0.29) is 5.82 Å². The van der Waals surface area contributed by atoms with E-state index in [1.807, 2.05) is 6.07 Å². The van der Waals surface area contributed by atoms with Crippen molar-refractivity contribution in [2.75, 3.05) is 6.54 Å². The van der Waals surface area contributed by atoms with Gasteiger partial charge in [0.15, 0.2) is 0 Å². The third-order valence-corrected chi connectivity index (χ3v) is 5.76. The molecule has 26 heavy (non-hydrogen) atoms. The Labute approximate surface area is 154 Å². The summed E-state index contributed by atoms with van der Waals surface area (Å²) < 4.78 is 19.1. The molecule has 0 bridgehead atoms. The molecule has 0 saturated heterocycles. The summed E-state index contributed by atoms with van der Waals surface area (Å²) in [7, 11) is 0. The van der Waals surface area contributed by atoms with E-state index in [0.29, 0.717) is 22.8 Å². The fraction of sp³-hybridized carbons (Fsp3) is 0.619. The van der Waals surface area contributed by atoms with Crippen LogP contribution in [0.15, 0.2) is 22.7 Å². The fourth-order valence-electron chi connectivity index (χ4n) is 4.10. The van der Waals surface area contributed by atoms with Gasteiger partial charge in [0.05, 0.1) is 0 Å². The molecule has 0 N–H and O–H groups in total. The minimum absolute atomic E-state index is 0.235. The molecule has 0 spiro atoms. The summed E-state index contributed by atoms with van der Waals surface area (Å²) in [4.78, 5) is 7.20. The van der Waals surface area contributed by atoms with E-state index >= 15 is 0 Å². The Hall–Kier alpha value is -1.75. The molecular formula is C21H28FN3O. The molecule has 1 aromatic carbocycles. The van der Waals surface area contributed by atoms with Gasteiger partial charge in [-0.15, -0.1) is 0 Å². The van der Waals surface area contributed by atoms with Crippen molar-refractivity contribution >= 4 is 0 Å². The molecule has 0 radical (unpaired) electrons. The first kappa shape index (κ1) is 17.7. The van der Waals surface area contributed by atoms with Gasteiger partial charge in [0.2, 0.25) is 11.7 Å². The van der Waals surface area contributed by atoms with Crippen molar-refractivity contribution in [3.63, 3.8) is 0 Å². The first-order chi connectivity index (χ1) is 12.7. The minimum atomic E-state index is -0.235. The van der Waals surface area contributed by atoms with Crippen molar-refractivity contribution in [1.82, 2.24) is 15.0 Å². The lowest BCUT2D eigenvalue weighted by molar-refractivity contribution is 0.144. The van der Waals surface area contributed by atoms with Gasteiger partial charge in [-0.2, -0.15) is 4.98 Å². The number of aromatic nitrogens is 2. The van der Waals surface area contributed by atoms with Crippen LogP contribution in [0.5, 0.6) is 0 Å². The normalized spacial score (nSPS) is 18.6. The van der Waals surface area contributed by atoms with Crippen molar-refractivity contribution in [1.29, 1.82) is 0 Å². The zero-order valence-corrected chi connectivity index (χ0v) is 15.6. The van der Waals surface area contributed by atoms with Gasteiger partial charge in [0.1, 0.15) is 5.82 Å². The van der Waals surface area contributed by atoms with Crippen LogP contribution in [0.1, 0.15) is 62.8 Å². The molecular weight excluding hydrogens is 329 g/mol. The third kappa shape index (κ3) is 4.14. The molecule has 2 saturated carbocycles. The van der Waals surface area contributed by atoms with Crippen LogP contribution in [0, 0.1) is 12.7 Å². The van der Waals surface area contributed by atoms with Gasteiger partial charge in [-0.25, -0.2) is 4.39 Å². The number of aryl methyl sites for hydroxylation is 2. The van der Waals surface area contributed by atoms with Crippen LogP contribution in [-0.2, 0) is 6.42 Å². The second-order valence-corrected chi connectivity index (χ2v) is 7.84. The number of benzene rings is 1. The number of rotatable bonds is 7. The molecule has 0 unspecified atom stereocenters. The topological polar surface area (TPSA) is 42.2 Å². The number of halogens is 1. The summed E-state index contributed by atoms with van der Waals surface area (Å²) in [6, 6.07) is 6.66. The second kappa shape index (κ2) is 7.87. The Balaban J connectivity index is 1.33. The van der Waals surface area contributed by atoms with Gasteiger partial charge in [-0.1, -0.05) is 36.6 Å². The van der Waals surface area contributed by atoms with Gasteiger partial charge in [0, 0.05) is 24.1 Å². The van der Waals surface area contributed by atoms with Crippen molar-refractivity contribution in [3.05, 3.63) is 35.5 Å². The predicted molar refractivity (Wildman–Crippen MR) is 99.4 cm³/mol. The molecule has 1 aromatic heterocycles. The molecule has 140 valence electrons. The highest BCUT2D eigenvalue weighted by atomic mass is 19.1. The molecule has 5 heteroatoms. The van der Waals surface area contributed by atoms with E-state index in [1.54, 1.807) is 13.0 Å².